The molecule has 0 radical (unpaired) electrons. The number of aryl methyl sites for hydroxylation is 2. The molecule has 0 atom stereocenters. The van der Waals surface area contributed by atoms with Gasteiger partial charge in [0.05, 0.1) is 5.69 Å². The summed E-state index contributed by atoms with van der Waals surface area (Å²) in [7, 11) is 0. The first-order valence-electron chi connectivity index (χ1n) is 19.3. The number of pyridine rings is 1. The molecule has 0 fully saturated rings. The fraction of sp³-hybridized carbons (Fsp3) is 0.333. The van der Waals surface area contributed by atoms with Crippen molar-refractivity contribution in [3.63, 3.8) is 0 Å². The number of benzene rings is 4. The minimum Gasteiger partial charge on any atom is -0.509 e. The Balaban J connectivity index is 0.00000497. The van der Waals surface area contributed by atoms with Crippen molar-refractivity contribution < 1.29 is 25.8 Å². The first-order chi connectivity index (χ1) is 25.4. The fourth-order valence-corrected chi connectivity index (χ4v) is 7.21. The molecule has 3 aromatic heterocycles. The summed E-state index contributed by atoms with van der Waals surface area (Å²) in [4.78, 5) is 4.90. The van der Waals surface area contributed by atoms with Crippen molar-refractivity contribution >= 4 is 21.8 Å². The van der Waals surface area contributed by atoms with E-state index in [0.29, 0.717) is 11.5 Å². The van der Waals surface area contributed by atoms with Gasteiger partial charge < -0.3 is 9.30 Å². The molecule has 5 nitrogen and oxygen atoms in total. The Kier molecular flexibility index (Phi) is 11.7. The molecular formula is C48H52N4OPt. The Morgan fingerprint density at radius 3 is 2.20 bits per heavy atom. The van der Waals surface area contributed by atoms with Crippen molar-refractivity contribution in [2.45, 2.75) is 99.3 Å². The minimum atomic E-state index is -0.0137. The largest absolute Gasteiger partial charge is 2.00 e. The van der Waals surface area contributed by atoms with Gasteiger partial charge in [0.1, 0.15) is 5.82 Å². The zero-order chi connectivity index (χ0) is 37.3. The summed E-state index contributed by atoms with van der Waals surface area (Å²) in [5.74, 6) is 2.12. The summed E-state index contributed by atoms with van der Waals surface area (Å²) in [5, 5.41) is 7.52. The second-order valence-electron chi connectivity index (χ2n) is 16.5. The van der Waals surface area contributed by atoms with Gasteiger partial charge in [0.25, 0.3) is 0 Å². The van der Waals surface area contributed by atoms with Gasteiger partial charge in [-0.05, 0) is 82.5 Å². The van der Waals surface area contributed by atoms with E-state index < -0.39 is 0 Å². The zero-order valence-corrected chi connectivity index (χ0v) is 35.3. The molecule has 3 heterocycles. The Morgan fingerprint density at radius 2 is 1.48 bits per heavy atom. The monoisotopic (exact) mass is 895 g/mol. The number of aromatic nitrogens is 4. The van der Waals surface area contributed by atoms with E-state index in [1.807, 2.05) is 24.4 Å². The molecule has 0 aliphatic rings. The standard InChI is InChI=1S/C48H52N4O.Pt/c1-9-15-41-46(34-17-12-11-13-18-34)43(16-10-2)52(50-41)36-19-14-20-37(31-36)53-38-22-23-39-40-29-33(25-27-47(3,4)5)21-24-42(40)51(44(39)32-38)45-30-35(26-28-49-45)48(6,7)8;/h11-14,17-24,26,28-30H,9-10,15-16,25,27H2,1-8H3;/q-2;+2. The van der Waals surface area contributed by atoms with Crippen molar-refractivity contribution in [3.05, 3.63) is 132 Å². The number of rotatable bonds is 11. The predicted molar refractivity (Wildman–Crippen MR) is 220 cm³/mol. The Bertz CT molecular complexity index is 2370. The van der Waals surface area contributed by atoms with Gasteiger partial charge in [-0.25, -0.2) is 4.98 Å². The van der Waals surface area contributed by atoms with E-state index >= 15 is 0 Å². The number of nitrogens with zero attached hydrogens (tertiary/aromatic N) is 4. The Labute approximate surface area is 336 Å². The second kappa shape index (κ2) is 16.1. The van der Waals surface area contributed by atoms with Gasteiger partial charge in [0.2, 0.25) is 0 Å². The van der Waals surface area contributed by atoms with E-state index in [-0.39, 0.29) is 31.9 Å². The number of fused-ring (bicyclic) bond motifs is 3. The smallest absolute Gasteiger partial charge is 0.509 e. The molecule has 280 valence electrons. The molecule has 7 aromatic rings. The maximum Gasteiger partial charge on any atom is 2.00 e. The first-order valence-corrected chi connectivity index (χ1v) is 19.3. The summed E-state index contributed by atoms with van der Waals surface area (Å²) in [6, 6.07) is 39.3. The molecule has 0 saturated carbocycles. The van der Waals surface area contributed by atoms with E-state index in [1.54, 1.807) is 0 Å². The third kappa shape index (κ3) is 8.27. The van der Waals surface area contributed by atoms with Crippen LogP contribution in [0.2, 0.25) is 0 Å². The Morgan fingerprint density at radius 1 is 0.722 bits per heavy atom. The van der Waals surface area contributed by atoms with Gasteiger partial charge in [-0.1, -0.05) is 116 Å². The van der Waals surface area contributed by atoms with Crippen molar-refractivity contribution in [3.8, 4) is 34.1 Å². The van der Waals surface area contributed by atoms with E-state index in [4.69, 9.17) is 14.8 Å². The van der Waals surface area contributed by atoms with Crippen LogP contribution >= 0.6 is 0 Å². The van der Waals surface area contributed by atoms with Gasteiger partial charge in [0, 0.05) is 34.5 Å². The van der Waals surface area contributed by atoms with Gasteiger partial charge in [-0.15, -0.1) is 35.7 Å². The molecule has 0 unspecified atom stereocenters. The molecule has 0 amide bonds. The predicted octanol–water partition coefficient (Wildman–Crippen LogP) is 12.6. The number of hydrogen-bond acceptors (Lipinski definition) is 3. The number of hydrogen-bond donors (Lipinski definition) is 0. The van der Waals surface area contributed by atoms with Crippen LogP contribution < -0.4 is 4.74 Å². The van der Waals surface area contributed by atoms with E-state index in [1.165, 1.54) is 33.3 Å². The Hall–Kier alpha value is -4.47. The molecule has 7 rings (SSSR count). The van der Waals surface area contributed by atoms with Crippen LogP contribution in [0.3, 0.4) is 0 Å². The average molecular weight is 896 g/mol. The molecule has 0 bridgehead atoms. The quantitative estimate of drug-likeness (QED) is 0.122. The topological polar surface area (TPSA) is 44.9 Å². The van der Waals surface area contributed by atoms with Gasteiger partial charge in [0.15, 0.2) is 0 Å². The van der Waals surface area contributed by atoms with Crippen LogP contribution in [0.4, 0.5) is 0 Å². The van der Waals surface area contributed by atoms with Crippen molar-refractivity contribution in [2.24, 2.45) is 5.41 Å². The molecule has 54 heavy (non-hydrogen) atoms. The van der Waals surface area contributed by atoms with Gasteiger partial charge in [-0.3, -0.25) is 4.68 Å². The summed E-state index contributed by atoms with van der Waals surface area (Å²) in [6.07, 6.45) is 7.95. The SMILES string of the molecule is CCCc1nn(-c2[c-]c(Oc3[c-]c4c(cc3)c3cc(CCC(C)(C)C)ccc3n4-c3cc(C(C)(C)C)ccn3)ccc2)c(CCC)c1-c1ccccc1.[Pt+2]. The molecule has 6 heteroatoms. The van der Waals surface area contributed by atoms with Gasteiger partial charge >= 0.3 is 21.1 Å². The average Bonchev–Trinajstić information content (AvgIpc) is 3.65. The summed E-state index contributed by atoms with van der Waals surface area (Å²) in [6.45, 7) is 18.1. The molecule has 0 saturated heterocycles. The van der Waals surface area contributed by atoms with Crippen LogP contribution in [-0.2, 0) is 45.7 Å². The third-order valence-corrected chi connectivity index (χ3v) is 10.0. The molecule has 0 spiro atoms. The van der Waals surface area contributed by atoms with Crippen LogP contribution in [0.25, 0.3) is 44.4 Å². The van der Waals surface area contributed by atoms with Crippen LogP contribution in [0.5, 0.6) is 11.5 Å². The van der Waals surface area contributed by atoms with E-state index in [0.717, 1.165) is 72.1 Å². The molecule has 4 aromatic carbocycles. The van der Waals surface area contributed by atoms with Crippen molar-refractivity contribution in [2.75, 3.05) is 0 Å². The van der Waals surface area contributed by atoms with E-state index in [9.17, 15) is 0 Å². The van der Waals surface area contributed by atoms with Crippen LogP contribution in [0, 0.1) is 17.5 Å². The van der Waals surface area contributed by atoms with Crippen molar-refractivity contribution in [1.29, 1.82) is 0 Å². The fourth-order valence-electron chi connectivity index (χ4n) is 7.21. The van der Waals surface area contributed by atoms with E-state index in [2.05, 4.69) is 150 Å². The second-order valence-corrected chi connectivity index (χ2v) is 16.5. The maximum absolute atomic E-state index is 6.60. The molecule has 0 aliphatic carbocycles. The third-order valence-electron chi connectivity index (χ3n) is 10.0. The zero-order valence-electron chi connectivity index (χ0n) is 33.0. The normalized spacial score (nSPS) is 12.0. The molecule has 0 aliphatic heterocycles. The van der Waals surface area contributed by atoms with Crippen molar-refractivity contribution in [1.82, 2.24) is 19.3 Å². The van der Waals surface area contributed by atoms with Crippen LogP contribution in [-0.4, -0.2) is 19.3 Å². The molecular weight excluding hydrogens is 844 g/mol. The first kappa shape index (κ1) is 39.2. The summed E-state index contributed by atoms with van der Waals surface area (Å²) in [5.41, 5.74) is 10.5. The van der Waals surface area contributed by atoms with Crippen LogP contribution in [0.1, 0.15) is 97.2 Å². The summed E-state index contributed by atoms with van der Waals surface area (Å²) < 4.78 is 10.9. The molecule has 0 N–H and O–H groups in total. The number of ether oxygens (including phenoxy) is 1. The maximum atomic E-state index is 6.60. The van der Waals surface area contributed by atoms with Crippen LogP contribution in [0.15, 0.2) is 97.2 Å². The van der Waals surface area contributed by atoms with Gasteiger partial charge in [-0.2, -0.15) is 17.2 Å². The minimum absolute atomic E-state index is 0. The summed E-state index contributed by atoms with van der Waals surface area (Å²) >= 11 is 0.